The maximum atomic E-state index is 13.1. The van der Waals surface area contributed by atoms with E-state index in [2.05, 4.69) is 10.6 Å². The summed E-state index contributed by atoms with van der Waals surface area (Å²) < 4.78 is 0. The second-order valence-corrected chi connectivity index (χ2v) is 8.82. The molecule has 0 atom stereocenters. The Morgan fingerprint density at radius 1 is 0.793 bits per heavy atom. The first-order valence-corrected chi connectivity index (χ1v) is 10.9. The zero-order valence-electron chi connectivity index (χ0n) is 15.4. The molecule has 2 N–H and O–H groups in total. The number of amides is 2. The van der Waals surface area contributed by atoms with Gasteiger partial charge in [0.25, 0.3) is 11.8 Å². The van der Waals surface area contributed by atoms with Gasteiger partial charge < -0.3 is 10.6 Å². The van der Waals surface area contributed by atoms with Crippen LogP contribution >= 0.6 is 34.5 Å². The molecule has 7 heteroatoms. The number of carbonyl (C=O) groups is 2. The number of rotatable bonds is 4. The van der Waals surface area contributed by atoms with Crippen molar-refractivity contribution in [2.24, 2.45) is 0 Å². The highest BCUT2D eigenvalue weighted by atomic mass is 35.5. The summed E-state index contributed by atoms with van der Waals surface area (Å²) in [7, 11) is 0. The molecule has 4 rings (SSSR count). The van der Waals surface area contributed by atoms with Crippen molar-refractivity contribution in [3.05, 3.63) is 80.1 Å². The molecule has 1 aromatic heterocycles. The van der Waals surface area contributed by atoms with Crippen LogP contribution in [0.25, 0.3) is 0 Å². The maximum Gasteiger partial charge on any atom is 0.258 e. The lowest BCUT2D eigenvalue weighted by atomic mass is 9.95. The van der Waals surface area contributed by atoms with Crippen molar-refractivity contribution in [3.63, 3.8) is 0 Å². The summed E-state index contributed by atoms with van der Waals surface area (Å²) in [6.45, 7) is 0. The summed E-state index contributed by atoms with van der Waals surface area (Å²) in [6.07, 6.45) is 3.90. The Bertz CT molecular complexity index is 1060. The van der Waals surface area contributed by atoms with Gasteiger partial charge in [0.1, 0.15) is 5.00 Å². The number of halogens is 2. The van der Waals surface area contributed by atoms with E-state index >= 15 is 0 Å². The molecule has 0 aliphatic heterocycles. The Morgan fingerprint density at radius 3 is 2.10 bits per heavy atom. The number of thiophene rings is 1. The fourth-order valence-corrected chi connectivity index (χ4v) is 4.93. The van der Waals surface area contributed by atoms with Crippen LogP contribution in [0.1, 0.15) is 44.0 Å². The normalized spacial score (nSPS) is 12.9. The van der Waals surface area contributed by atoms with Crippen molar-refractivity contribution in [3.8, 4) is 0 Å². The van der Waals surface area contributed by atoms with Crippen LogP contribution in [0.4, 0.5) is 10.7 Å². The zero-order chi connectivity index (χ0) is 20.4. The van der Waals surface area contributed by atoms with Gasteiger partial charge in [0.15, 0.2) is 0 Å². The predicted molar refractivity (Wildman–Crippen MR) is 120 cm³/mol. The average molecular weight is 445 g/mol. The smallest absolute Gasteiger partial charge is 0.258 e. The van der Waals surface area contributed by atoms with Crippen LogP contribution in [0.3, 0.4) is 0 Å². The van der Waals surface area contributed by atoms with E-state index in [0.717, 1.165) is 31.2 Å². The third kappa shape index (κ3) is 4.47. The molecule has 0 bridgehead atoms. The van der Waals surface area contributed by atoms with Gasteiger partial charge in [0, 0.05) is 26.2 Å². The molecule has 29 heavy (non-hydrogen) atoms. The first-order chi connectivity index (χ1) is 14.0. The summed E-state index contributed by atoms with van der Waals surface area (Å²) in [4.78, 5) is 27.0. The summed E-state index contributed by atoms with van der Waals surface area (Å²) >= 11 is 13.3. The van der Waals surface area contributed by atoms with E-state index in [1.165, 1.54) is 16.2 Å². The van der Waals surface area contributed by atoms with Crippen LogP contribution in [0.5, 0.6) is 0 Å². The van der Waals surface area contributed by atoms with Gasteiger partial charge in [-0.05, 0) is 79.8 Å². The van der Waals surface area contributed by atoms with Gasteiger partial charge in [0.2, 0.25) is 0 Å². The molecule has 1 heterocycles. The predicted octanol–water partition coefficient (Wildman–Crippen LogP) is 6.44. The molecule has 1 aliphatic rings. The van der Waals surface area contributed by atoms with Crippen LogP contribution in [0.15, 0.2) is 48.5 Å². The lowest BCUT2D eigenvalue weighted by Crippen LogP contribution is -2.18. The number of hydrogen-bond acceptors (Lipinski definition) is 3. The third-order valence-corrected chi connectivity index (χ3v) is 6.55. The fourth-order valence-electron chi connectivity index (χ4n) is 3.40. The first-order valence-electron chi connectivity index (χ1n) is 9.29. The minimum atomic E-state index is -0.263. The highest BCUT2D eigenvalue weighted by Crippen LogP contribution is 2.38. The van der Waals surface area contributed by atoms with E-state index in [9.17, 15) is 9.59 Å². The number of hydrogen-bond donors (Lipinski definition) is 2. The molecule has 0 fully saturated rings. The van der Waals surface area contributed by atoms with Gasteiger partial charge in [-0.25, -0.2) is 0 Å². The number of carbonyl (C=O) groups excluding carboxylic acids is 2. The van der Waals surface area contributed by atoms with Crippen molar-refractivity contribution in [1.29, 1.82) is 0 Å². The average Bonchev–Trinajstić information content (AvgIpc) is 3.08. The molecular formula is C22H18Cl2N2O2S. The van der Waals surface area contributed by atoms with Gasteiger partial charge in [-0.2, -0.15) is 0 Å². The second kappa shape index (κ2) is 8.57. The first kappa shape index (κ1) is 20.0. The molecule has 0 unspecified atom stereocenters. The Hall–Kier alpha value is -2.34. The lowest BCUT2D eigenvalue weighted by molar-refractivity contribution is 0.102. The summed E-state index contributed by atoms with van der Waals surface area (Å²) in [5.74, 6) is -0.487. The largest absolute Gasteiger partial charge is 0.322 e. The minimum Gasteiger partial charge on any atom is -0.322 e. The standard InChI is InChI=1S/C22H18Cl2N2O2S/c23-14-7-5-13(6-8-14)20(27)26-22-19(17-3-1-2-4-18(17)29-22)21(28)25-16-11-9-15(24)10-12-16/h5-12H,1-4H2,(H,25,28)(H,26,27). The highest BCUT2D eigenvalue weighted by Gasteiger charge is 2.26. The fraction of sp³-hybridized carbons (Fsp3) is 0.182. The molecule has 3 aromatic rings. The van der Waals surface area contributed by atoms with Crippen molar-refractivity contribution in [1.82, 2.24) is 0 Å². The number of aryl methyl sites for hydroxylation is 1. The Kier molecular flexibility index (Phi) is 5.90. The molecular weight excluding hydrogens is 427 g/mol. The van der Waals surface area contributed by atoms with E-state index < -0.39 is 0 Å². The maximum absolute atomic E-state index is 13.1. The highest BCUT2D eigenvalue weighted by molar-refractivity contribution is 7.17. The Morgan fingerprint density at radius 2 is 1.41 bits per heavy atom. The molecule has 0 radical (unpaired) electrons. The van der Waals surface area contributed by atoms with Crippen molar-refractivity contribution in [2.75, 3.05) is 10.6 Å². The number of benzene rings is 2. The summed E-state index contributed by atoms with van der Waals surface area (Å²) in [5.41, 5.74) is 2.75. The van der Waals surface area contributed by atoms with E-state index in [1.54, 1.807) is 48.5 Å². The van der Waals surface area contributed by atoms with Gasteiger partial charge >= 0.3 is 0 Å². The molecule has 2 amide bonds. The van der Waals surface area contributed by atoms with E-state index in [-0.39, 0.29) is 11.8 Å². The summed E-state index contributed by atoms with van der Waals surface area (Å²) in [6, 6.07) is 13.6. The van der Waals surface area contributed by atoms with Gasteiger partial charge in [-0.3, -0.25) is 9.59 Å². The molecule has 0 saturated heterocycles. The Labute approximate surface area is 182 Å². The summed E-state index contributed by atoms with van der Waals surface area (Å²) in [5, 5.41) is 7.61. The van der Waals surface area contributed by atoms with Crippen LogP contribution < -0.4 is 10.6 Å². The number of anilines is 2. The van der Waals surface area contributed by atoms with Gasteiger partial charge in [-0.15, -0.1) is 11.3 Å². The van der Waals surface area contributed by atoms with Crippen molar-refractivity contribution >= 4 is 57.0 Å². The van der Waals surface area contributed by atoms with E-state index in [0.29, 0.717) is 31.9 Å². The Balaban J connectivity index is 1.64. The lowest BCUT2D eigenvalue weighted by Gasteiger charge is -2.13. The van der Waals surface area contributed by atoms with Crippen LogP contribution in [-0.2, 0) is 12.8 Å². The number of nitrogens with one attached hydrogen (secondary N) is 2. The zero-order valence-corrected chi connectivity index (χ0v) is 17.8. The topological polar surface area (TPSA) is 58.2 Å². The van der Waals surface area contributed by atoms with Gasteiger partial charge in [-0.1, -0.05) is 23.2 Å². The monoisotopic (exact) mass is 444 g/mol. The second-order valence-electron chi connectivity index (χ2n) is 6.84. The van der Waals surface area contributed by atoms with E-state index in [4.69, 9.17) is 23.2 Å². The van der Waals surface area contributed by atoms with Crippen molar-refractivity contribution < 1.29 is 9.59 Å². The molecule has 0 saturated carbocycles. The van der Waals surface area contributed by atoms with Gasteiger partial charge in [0.05, 0.1) is 5.56 Å². The van der Waals surface area contributed by atoms with E-state index in [1.807, 2.05) is 0 Å². The van der Waals surface area contributed by atoms with Crippen LogP contribution in [-0.4, -0.2) is 11.8 Å². The minimum absolute atomic E-state index is 0.224. The number of fused-ring (bicyclic) bond motifs is 1. The molecule has 148 valence electrons. The SMILES string of the molecule is O=C(Nc1sc2c(c1C(=O)Nc1ccc(Cl)cc1)CCCC2)c1ccc(Cl)cc1. The quantitative estimate of drug-likeness (QED) is 0.486. The molecule has 2 aromatic carbocycles. The third-order valence-electron chi connectivity index (χ3n) is 4.83. The molecule has 1 aliphatic carbocycles. The molecule has 4 nitrogen and oxygen atoms in total. The van der Waals surface area contributed by atoms with Crippen LogP contribution in [0, 0.1) is 0 Å². The van der Waals surface area contributed by atoms with Crippen molar-refractivity contribution in [2.45, 2.75) is 25.7 Å². The van der Waals surface area contributed by atoms with Crippen LogP contribution in [0.2, 0.25) is 10.0 Å². The molecule has 0 spiro atoms.